The molecule has 8 nitrogen and oxygen atoms in total. The summed E-state index contributed by atoms with van der Waals surface area (Å²) < 4.78 is 77.5. The molecule has 1 N–H and O–H groups in total. The summed E-state index contributed by atoms with van der Waals surface area (Å²) in [5.41, 5.74) is 1.13. The van der Waals surface area contributed by atoms with Crippen LogP contribution >= 0.6 is 0 Å². The van der Waals surface area contributed by atoms with Gasteiger partial charge in [0, 0.05) is 73.8 Å². The second kappa shape index (κ2) is 12.5. The second-order valence-electron chi connectivity index (χ2n) is 15.6. The van der Waals surface area contributed by atoms with Crippen molar-refractivity contribution in [1.82, 2.24) is 30.1 Å². The zero-order valence-corrected chi connectivity index (χ0v) is 28.9. The molecule has 4 aliphatic heterocycles. The van der Waals surface area contributed by atoms with E-state index in [1.54, 1.807) is 18.2 Å². The molecule has 2 aromatic carbocycles. The summed E-state index contributed by atoms with van der Waals surface area (Å²) in [5, 5.41) is 5.46. The largest absolute Gasteiger partial charge is 0.463 e. The number of alkyl halides is 3. The van der Waals surface area contributed by atoms with E-state index in [0.717, 1.165) is 32.2 Å². The molecule has 4 fully saturated rings. The summed E-state index contributed by atoms with van der Waals surface area (Å²) in [6.45, 7) is 4.90. The molecule has 272 valence electrons. The Labute approximate surface area is 298 Å². The molecule has 4 aromatic rings. The average Bonchev–Trinajstić information content (AvgIpc) is 3.81. The van der Waals surface area contributed by atoms with Gasteiger partial charge >= 0.3 is 12.2 Å². The Hall–Kier alpha value is -4.12. The third-order valence-corrected chi connectivity index (χ3v) is 11.9. The number of fused-ring (bicyclic) bond motifs is 6. The molecule has 6 heterocycles. The minimum atomic E-state index is -4.21. The quantitative estimate of drug-likeness (QED) is 0.186. The van der Waals surface area contributed by atoms with Crippen molar-refractivity contribution in [3.05, 3.63) is 53.2 Å². The zero-order valence-electron chi connectivity index (χ0n) is 28.9. The number of hydrogen-bond acceptors (Lipinski definition) is 8. The Morgan fingerprint density at radius 1 is 1.00 bits per heavy atom. The van der Waals surface area contributed by atoms with Crippen LogP contribution in [-0.4, -0.2) is 101 Å². The van der Waals surface area contributed by atoms with Crippen molar-refractivity contribution in [2.75, 3.05) is 57.3 Å². The number of halogens is 5. The van der Waals surface area contributed by atoms with Crippen LogP contribution in [0.25, 0.3) is 32.9 Å². The molecule has 2 bridgehead atoms. The van der Waals surface area contributed by atoms with Crippen LogP contribution in [0.3, 0.4) is 0 Å². The first kappa shape index (κ1) is 33.7. The maximum Gasteiger partial charge on any atom is 0.401 e. The molecule has 0 amide bonds. The summed E-state index contributed by atoms with van der Waals surface area (Å²) in [7, 11) is 0. The summed E-state index contributed by atoms with van der Waals surface area (Å²) in [6, 6.07) is 9.02. The van der Waals surface area contributed by atoms with Crippen LogP contribution < -0.4 is 15.0 Å². The fourth-order valence-corrected chi connectivity index (χ4v) is 9.27. The van der Waals surface area contributed by atoms with E-state index in [1.807, 2.05) is 6.07 Å². The van der Waals surface area contributed by atoms with Crippen molar-refractivity contribution in [2.45, 2.75) is 63.3 Å². The molecule has 52 heavy (non-hydrogen) atoms. The van der Waals surface area contributed by atoms with E-state index in [9.17, 15) is 13.2 Å². The SMILES string of the molecule is C#Cc1c(F)ccc2cccc(-c3nc4c5c(nc(OCC6(CN7CCN(CC(F)(F)F)CC7)CC6)nc5c3F)N3C[C@H]5CC[C@H](N5)[C@@H]3[C@@H](C)C4)c12. The van der Waals surface area contributed by atoms with Gasteiger partial charge in [0.1, 0.15) is 22.8 Å². The van der Waals surface area contributed by atoms with Gasteiger partial charge in [0.05, 0.1) is 29.8 Å². The number of pyridine rings is 1. The van der Waals surface area contributed by atoms with E-state index >= 15 is 8.78 Å². The van der Waals surface area contributed by atoms with Gasteiger partial charge in [0.15, 0.2) is 5.82 Å². The standard InChI is InChI=1S/C39H40F5N7O/c1-3-25-27(40)9-7-23-5-4-6-26(30(23)25)33-32(41)34-31-29(46-33)17-22(2)35-28-10-8-24(45-28)18-51(35)36(31)48-37(47-34)52-21-38(11-12-38)19-49-13-15-50(16-14-49)20-39(42,43)44/h1,4-7,9,22,24,28,35,45H,8,10-21H2,2H3/t22-,24+,28-,35-/m0/s1. The number of ether oxygens (including phenoxy) is 1. The van der Waals surface area contributed by atoms with Gasteiger partial charge in [-0.2, -0.15) is 23.1 Å². The predicted molar refractivity (Wildman–Crippen MR) is 188 cm³/mol. The molecule has 0 spiro atoms. The molecule has 1 aliphatic carbocycles. The van der Waals surface area contributed by atoms with Gasteiger partial charge in [-0.25, -0.2) is 13.8 Å². The van der Waals surface area contributed by atoms with E-state index in [1.165, 1.54) is 11.0 Å². The molecule has 0 radical (unpaired) electrons. The second-order valence-corrected chi connectivity index (χ2v) is 15.6. The highest BCUT2D eigenvalue weighted by molar-refractivity contribution is 6.02. The Morgan fingerprint density at radius 2 is 1.79 bits per heavy atom. The molecule has 5 aliphatic rings. The van der Waals surface area contributed by atoms with Crippen LogP contribution in [0.15, 0.2) is 30.3 Å². The minimum Gasteiger partial charge on any atom is -0.463 e. The van der Waals surface area contributed by atoms with E-state index in [0.29, 0.717) is 85.0 Å². The first-order valence-corrected chi connectivity index (χ1v) is 18.2. The van der Waals surface area contributed by atoms with Crippen LogP contribution in [0.2, 0.25) is 0 Å². The molecule has 4 atom stereocenters. The van der Waals surface area contributed by atoms with Crippen LogP contribution in [0.1, 0.15) is 43.9 Å². The monoisotopic (exact) mass is 717 g/mol. The highest BCUT2D eigenvalue weighted by atomic mass is 19.4. The molecule has 9 rings (SSSR count). The Balaban J connectivity index is 1.10. The molecule has 13 heteroatoms. The lowest BCUT2D eigenvalue weighted by atomic mass is 9.89. The minimum absolute atomic E-state index is 0.0526. The summed E-state index contributed by atoms with van der Waals surface area (Å²) in [6.07, 6.45) is 6.09. The number of anilines is 1. The van der Waals surface area contributed by atoms with Crippen LogP contribution in [0.5, 0.6) is 6.01 Å². The number of nitrogens with one attached hydrogen (secondary N) is 1. The average molecular weight is 718 g/mol. The fraction of sp³-hybridized carbons (Fsp3) is 0.513. The lowest BCUT2D eigenvalue weighted by Gasteiger charge is -2.43. The van der Waals surface area contributed by atoms with Crippen LogP contribution in [0.4, 0.5) is 27.8 Å². The molecule has 2 aromatic heterocycles. The highest BCUT2D eigenvalue weighted by Crippen LogP contribution is 2.48. The lowest BCUT2D eigenvalue weighted by molar-refractivity contribution is -0.149. The van der Waals surface area contributed by atoms with Crippen molar-refractivity contribution in [2.24, 2.45) is 11.3 Å². The van der Waals surface area contributed by atoms with Crippen molar-refractivity contribution in [3.63, 3.8) is 0 Å². The fourth-order valence-electron chi connectivity index (χ4n) is 9.27. The van der Waals surface area contributed by atoms with E-state index in [4.69, 9.17) is 26.1 Å². The Kier molecular flexibility index (Phi) is 8.10. The number of nitrogens with zero attached hydrogens (tertiary/aromatic N) is 6. The number of aromatic nitrogens is 3. The third-order valence-electron chi connectivity index (χ3n) is 11.9. The van der Waals surface area contributed by atoms with E-state index < -0.39 is 24.4 Å². The maximum atomic E-state index is 17.2. The van der Waals surface area contributed by atoms with Gasteiger partial charge in [0.2, 0.25) is 0 Å². The maximum absolute atomic E-state index is 17.2. The van der Waals surface area contributed by atoms with Gasteiger partial charge in [0.25, 0.3) is 0 Å². The van der Waals surface area contributed by atoms with Gasteiger partial charge in [-0.3, -0.25) is 4.90 Å². The lowest BCUT2D eigenvalue weighted by Crippen LogP contribution is -2.60. The molecule has 1 saturated carbocycles. The summed E-state index contributed by atoms with van der Waals surface area (Å²) in [4.78, 5) is 20.7. The first-order valence-electron chi connectivity index (χ1n) is 18.2. The third kappa shape index (κ3) is 5.93. The molecule has 3 saturated heterocycles. The summed E-state index contributed by atoms with van der Waals surface area (Å²) >= 11 is 0. The number of terminal acetylenes is 1. The Bertz CT molecular complexity index is 2110. The van der Waals surface area contributed by atoms with Crippen LogP contribution in [-0.2, 0) is 6.42 Å². The van der Waals surface area contributed by atoms with Gasteiger partial charge in [-0.1, -0.05) is 37.1 Å². The Morgan fingerprint density at radius 3 is 2.54 bits per heavy atom. The molecular weight excluding hydrogens is 677 g/mol. The number of benzene rings is 2. The topological polar surface area (TPSA) is 69.7 Å². The molecule has 0 unspecified atom stereocenters. The normalized spacial score (nSPS) is 25.6. The van der Waals surface area contributed by atoms with Crippen molar-refractivity contribution >= 4 is 27.5 Å². The first-order chi connectivity index (χ1) is 25.0. The van der Waals surface area contributed by atoms with Gasteiger partial charge in [-0.05, 0) is 49.5 Å². The van der Waals surface area contributed by atoms with Gasteiger partial charge < -0.3 is 19.9 Å². The van der Waals surface area contributed by atoms with Crippen molar-refractivity contribution in [1.29, 1.82) is 0 Å². The van der Waals surface area contributed by atoms with Gasteiger partial charge in [-0.15, -0.1) is 6.42 Å². The smallest absolute Gasteiger partial charge is 0.401 e. The zero-order chi connectivity index (χ0) is 35.9. The molecular formula is C39H40F5N7O. The predicted octanol–water partition coefficient (Wildman–Crippen LogP) is 5.94. The highest BCUT2D eigenvalue weighted by Gasteiger charge is 2.48. The number of hydrogen-bond donors (Lipinski definition) is 1. The number of rotatable bonds is 7. The summed E-state index contributed by atoms with van der Waals surface area (Å²) in [5.74, 6) is 2.04. The van der Waals surface area contributed by atoms with E-state index in [2.05, 4.69) is 28.0 Å². The van der Waals surface area contributed by atoms with Crippen molar-refractivity contribution in [3.8, 4) is 29.6 Å². The van der Waals surface area contributed by atoms with Crippen LogP contribution in [0, 0.1) is 35.3 Å². The number of piperazine rings is 2. The van der Waals surface area contributed by atoms with E-state index in [-0.39, 0.29) is 46.2 Å². The van der Waals surface area contributed by atoms with Crippen molar-refractivity contribution < 1.29 is 26.7 Å².